The molecule has 0 saturated carbocycles. The molecule has 0 spiro atoms. The van der Waals surface area contributed by atoms with Crippen LogP contribution < -0.4 is 20.3 Å². The minimum absolute atomic E-state index is 0.183. The van der Waals surface area contributed by atoms with Gasteiger partial charge in [0.05, 0.1) is 18.0 Å². The Labute approximate surface area is 179 Å². The summed E-state index contributed by atoms with van der Waals surface area (Å²) in [6.45, 7) is 5.71. The van der Waals surface area contributed by atoms with Crippen LogP contribution in [0.5, 0.6) is 5.75 Å². The predicted octanol–water partition coefficient (Wildman–Crippen LogP) is 3.80. The van der Waals surface area contributed by atoms with Crippen molar-refractivity contribution in [1.29, 1.82) is 0 Å². The van der Waals surface area contributed by atoms with Gasteiger partial charge in [-0.15, -0.1) is 11.3 Å². The molecule has 154 valence electrons. The van der Waals surface area contributed by atoms with Crippen LogP contribution in [0, 0.1) is 0 Å². The second kappa shape index (κ2) is 8.08. The molecule has 2 N–H and O–H groups in total. The second-order valence-corrected chi connectivity index (χ2v) is 8.53. The van der Waals surface area contributed by atoms with E-state index in [0.717, 1.165) is 60.4 Å². The van der Waals surface area contributed by atoms with E-state index in [0.29, 0.717) is 11.7 Å². The minimum Gasteiger partial charge on any atom is -0.493 e. The maximum absolute atomic E-state index is 12.9. The van der Waals surface area contributed by atoms with Gasteiger partial charge in [0.2, 0.25) is 0 Å². The van der Waals surface area contributed by atoms with Gasteiger partial charge >= 0.3 is 0 Å². The molecule has 5 rings (SSSR count). The number of nitrogens with one attached hydrogen (secondary N) is 2. The van der Waals surface area contributed by atoms with E-state index in [1.165, 1.54) is 16.9 Å². The molecule has 1 amide bonds. The summed E-state index contributed by atoms with van der Waals surface area (Å²) in [5.41, 5.74) is 4.54. The zero-order valence-electron chi connectivity index (χ0n) is 16.9. The minimum atomic E-state index is -0.183. The van der Waals surface area contributed by atoms with Crippen LogP contribution in [0.15, 0.2) is 47.8 Å². The second-order valence-electron chi connectivity index (χ2n) is 7.68. The number of carbonyl (C=O) groups excluding carboxylic acids is 1. The van der Waals surface area contributed by atoms with Crippen LogP contribution in [-0.4, -0.2) is 43.2 Å². The Bertz CT molecular complexity index is 1080. The SMILES string of the molecule is C[C@H]1CNCCN1c1ccccc1NC(=O)c1csc(-c2ccc3c(c2)CCO3)n1. The van der Waals surface area contributed by atoms with E-state index in [1.807, 2.05) is 35.7 Å². The normalized spacial score (nSPS) is 18.0. The molecule has 3 heterocycles. The summed E-state index contributed by atoms with van der Waals surface area (Å²) in [6, 6.07) is 14.5. The molecule has 1 atom stereocenters. The van der Waals surface area contributed by atoms with Crippen molar-refractivity contribution >= 4 is 28.6 Å². The maximum atomic E-state index is 12.9. The molecule has 0 radical (unpaired) electrons. The average molecular weight is 421 g/mol. The zero-order chi connectivity index (χ0) is 20.5. The highest BCUT2D eigenvalue weighted by Gasteiger charge is 2.22. The average Bonchev–Trinajstić information content (AvgIpc) is 3.44. The topological polar surface area (TPSA) is 66.5 Å². The van der Waals surface area contributed by atoms with Crippen molar-refractivity contribution < 1.29 is 9.53 Å². The fourth-order valence-corrected chi connectivity index (χ4v) is 4.84. The van der Waals surface area contributed by atoms with E-state index in [9.17, 15) is 4.79 Å². The Balaban J connectivity index is 1.36. The number of hydrogen-bond donors (Lipinski definition) is 2. The Morgan fingerprint density at radius 2 is 2.20 bits per heavy atom. The first kappa shape index (κ1) is 19.1. The van der Waals surface area contributed by atoms with Crippen LogP contribution in [0.2, 0.25) is 0 Å². The van der Waals surface area contributed by atoms with Crippen molar-refractivity contribution in [3.63, 3.8) is 0 Å². The van der Waals surface area contributed by atoms with Crippen molar-refractivity contribution in [1.82, 2.24) is 10.3 Å². The van der Waals surface area contributed by atoms with Crippen molar-refractivity contribution in [3.05, 3.63) is 59.1 Å². The van der Waals surface area contributed by atoms with Crippen LogP contribution in [0.25, 0.3) is 10.6 Å². The Hall–Kier alpha value is -2.90. The maximum Gasteiger partial charge on any atom is 0.275 e. The van der Waals surface area contributed by atoms with Crippen LogP contribution in [0.1, 0.15) is 23.0 Å². The molecule has 1 aromatic heterocycles. The van der Waals surface area contributed by atoms with Gasteiger partial charge in [-0.05, 0) is 42.8 Å². The lowest BCUT2D eigenvalue weighted by molar-refractivity contribution is 0.102. The van der Waals surface area contributed by atoms with Crippen LogP contribution in [0.4, 0.5) is 11.4 Å². The number of hydrogen-bond acceptors (Lipinski definition) is 6. The highest BCUT2D eigenvalue weighted by Crippen LogP contribution is 2.32. The highest BCUT2D eigenvalue weighted by molar-refractivity contribution is 7.13. The molecule has 2 aliphatic heterocycles. The largest absolute Gasteiger partial charge is 0.493 e. The molecule has 6 nitrogen and oxygen atoms in total. The standard InChI is InChI=1S/C23H24N4O2S/c1-15-13-24-9-10-27(15)20-5-3-2-4-18(20)25-22(28)19-14-30-23(26-19)17-6-7-21-16(12-17)8-11-29-21/h2-7,12,14-15,24H,8-11,13H2,1H3,(H,25,28)/t15-/m0/s1. The Morgan fingerprint density at radius 1 is 1.30 bits per heavy atom. The van der Waals surface area contributed by atoms with E-state index in [-0.39, 0.29) is 5.91 Å². The van der Waals surface area contributed by atoms with Crippen molar-refractivity contribution in [2.45, 2.75) is 19.4 Å². The van der Waals surface area contributed by atoms with Gasteiger partial charge in [-0.1, -0.05) is 12.1 Å². The van der Waals surface area contributed by atoms with E-state index >= 15 is 0 Å². The first-order valence-corrected chi connectivity index (χ1v) is 11.2. The first-order valence-electron chi connectivity index (χ1n) is 10.3. The number of nitrogens with zero attached hydrogens (tertiary/aromatic N) is 2. The monoisotopic (exact) mass is 420 g/mol. The van der Waals surface area contributed by atoms with E-state index < -0.39 is 0 Å². The van der Waals surface area contributed by atoms with Gasteiger partial charge in [0.25, 0.3) is 5.91 Å². The lowest BCUT2D eigenvalue weighted by atomic mass is 10.1. The van der Waals surface area contributed by atoms with E-state index in [2.05, 4.69) is 39.6 Å². The molecule has 1 fully saturated rings. The molecule has 0 aliphatic carbocycles. The Morgan fingerprint density at radius 3 is 3.10 bits per heavy atom. The van der Waals surface area contributed by atoms with Gasteiger partial charge in [0, 0.05) is 43.0 Å². The highest BCUT2D eigenvalue weighted by atomic mass is 32.1. The van der Waals surface area contributed by atoms with Gasteiger partial charge in [0.15, 0.2) is 0 Å². The molecule has 2 aromatic carbocycles. The van der Waals surface area contributed by atoms with Gasteiger partial charge in [-0.2, -0.15) is 0 Å². The molecular weight excluding hydrogens is 396 g/mol. The van der Waals surface area contributed by atoms with Gasteiger partial charge < -0.3 is 20.3 Å². The van der Waals surface area contributed by atoms with Gasteiger partial charge in [0.1, 0.15) is 16.5 Å². The summed E-state index contributed by atoms with van der Waals surface area (Å²) in [7, 11) is 0. The van der Waals surface area contributed by atoms with Crippen LogP contribution in [0.3, 0.4) is 0 Å². The smallest absolute Gasteiger partial charge is 0.275 e. The third-order valence-corrected chi connectivity index (χ3v) is 6.53. The number of aromatic nitrogens is 1. The molecule has 0 unspecified atom stereocenters. The summed E-state index contributed by atoms with van der Waals surface area (Å²) in [6.07, 6.45) is 0.920. The first-order chi connectivity index (χ1) is 14.7. The lowest BCUT2D eigenvalue weighted by Crippen LogP contribution is -2.50. The summed E-state index contributed by atoms with van der Waals surface area (Å²) in [4.78, 5) is 19.9. The van der Waals surface area contributed by atoms with Crippen molar-refractivity contribution in [2.75, 3.05) is 36.5 Å². The number of rotatable bonds is 4. The Kier molecular flexibility index (Phi) is 5.14. The quantitative estimate of drug-likeness (QED) is 0.672. The number of amides is 1. The summed E-state index contributed by atoms with van der Waals surface area (Å²) in [5.74, 6) is 0.768. The number of piperazine rings is 1. The number of carbonyl (C=O) groups is 1. The number of fused-ring (bicyclic) bond motifs is 1. The fourth-order valence-electron chi connectivity index (χ4n) is 4.05. The van der Waals surface area contributed by atoms with Crippen LogP contribution in [-0.2, 0) is 6.42 Å². The van der Waals surface area contributed by atoms with E-state index in [4.69, 9.17) is 4.74 Å². The summed E-state index contributed by atoms with van der Waals surface area (Å²) >= 11 is 1.49. The summed E-state index contributed by atoms with van der Waals surface area (Å²) in [5, 5.41) is 9.15. The molecule has 2 aliphatic rings. The number of anilines is 2. The number of benzene rings is 2. The number of ether oxygens (including phenoxy) is 1. The fraction of sp³-hybridized carbons (Fsp3) is 0.304. The van der Waals surface area contributed by atoms with Crippen molar-refractivity contribution in [2.24, 2.45) is 0 Å². The van der Waals surface area contributed by atoms with Crippen LogP contribution >= 0.6 is 11.3 Å². The van der Waals surface area contributed by atoms with Crippen molar-refractivity contribution in [3.8, 4) is 16.3 Å². The lowest BCUT2D eigenvalue weighted by Gasteiger charge is -2.37. The molecular formula is C23H24N4O2S. The van der Waals surface area contributed by atoms with E-state index in [1.54, 1.807) is 0 Å². The molecule has 1 saturated heterocycles. The molecule has 30 heavy (non-hydrogen) atoms. The van der Waals surface area contributed by atoms with Gasteiger partial charge in [-0.25, -0.2) is 4.98 Å². The third-order valence-electron chi connectivity index (χ3n) is 5.64. The number of para-hydroxylation sites is 2. The number of thiazole rings is 1. The zero-order valence-corrected chi connectivity index (χ0v) is 17.7. The molecule has 3 aromatic rings. The molecule has 7 heteroatoms. The molecule has 0 bridgehead atoms. The third kappa shape index (κ3) is 3.66. The predicted molar refractivity (Wildman–Crippen MR) is 121 cm³/mol. The summed E-state index contributed by atoms with van der Waals surface area (Å²) < 4.78 is 5.58. The van der Waals surface area contributed by atoms with Gasteiger partial charge in [-0.3, -0.25) is 4.79 Å².